The van der Waals surface area contributed by atoms with Gasteiger partial charge < -0.3 is 4.74 Å². The number of ether oxygens (including phenoxy) is 1. The average Bonchev–Trinajstić information content (AvgIpc) is 2.38. The SMILES string of the molecule is COC(=O)C(=O)C1CCc2cnccc2C1=O. The number of pyridine rings is 1. The van der Waals surface area contributed by atoms with E-state index in [1.165, 1.54) is 6.20 Å². The number of aryl methyl sites for hydroxylation is 1. The molecule has 1 aliphatic rings. The number of ketones is 2. The van der Waals surface area contributed by atoms with Crippen molar-refractivity contribution >= 4 is 17.5 Å². The molecule has 0 radical (unpaired) electrons. The topological polar surface area (TPSA) is 73.3 Å². The van der Waals surface area contributed by atoms with Crippen molar-refractivity contribution in [3.63, 3.8) is 0 Å². The number of carbonyl (C=O) groups is 3. The van der Waals surface area contributed by atoms with Gasteiger partial charge in [-0.15, -0.1) is 0 Å². The molecule has 1 aromatic rings. The molecule has 0 fully saturated rings. The predicted octanol–water partition coefficient (Wildman–Crippen LogP) is 0.569. The van der Waals surface area contributed by atoms with Crippen LogP contribution >= 0.6 is 0 Å². The molecule has 17 heavy (non-hydrogen) atoms. The van der Waals surface area contributed by atoms with Gasteiger partial charge >= 0.3 is 5.97 Å². The van der Waals surface area contributed by atoms with Crippen LogP contribution in [0.15, 0.2) is 18.5 Å². The zero-order valence-corrected chi connectivity index (χ0v) is 9.30. The number of carbonyl (C=O) groups excluding carboxylic acids is 3. The Kier molecular flexibility index (Phi) is 2.99. The lowest BCUT2D eigenvalue weighted by atomic mass is 9.81. The molecule has 2 rings (SSSR count). The lowest BCUT2D eigenvalue weighted by Gasteiger charge is -2.20. The van der Waals surface area contributed by atoms with Gasteiger partial charge in [0.05, 0.1) is 13.0 Å². The molecular weight excluding hydrogens is 222 g/mol. The highest BCUT2D eigenvalue weighted by Crippen LogP contribution is 2.25. The Bertz CT molecular complexity index is 495. The van der Waals surface area contributed by atoms with Crippen molar-refractivity contribution in [1.29, 1.82) is 0 Å². The molecule has 1 atom stereocenters. The second kappa shape index (κ2) is 4.45. The van der Waals surface area contributed by atoms with E-state index in [1.54, 1.807) is 12.3 Å². The maximum Gasteiger partial charge on any atom is 0.375 e. The number of nitrogens with zero attached hydrogens (tertiary/aromatic N) is 1. The van der Waals surface area contributed by atoms with Crippen molar-refractivity contribution in [2.24, 2.45) is 5.92 Å². The van der Waals surface area contributed by atoms with Gasteiger partial charge in [0.1, 0.15) is 0 Å². The van der Waals surface area contributed by atoms with Crippen molar-refractivity contribution in [1.82, 2.24) is 4.98 Å². The number of Topliss-reactive ketones (excluding diaryl/α,β-unsaturated/α-hetero) is 2. The number of esters is 1. The van der Waals surface area contributed by atoms with Crippen LogP contribution < -0.4 is 0 Å². The molecule has 0 amide bonds. The quantitative estimate of drug-likeness (QED) is 0.424. The van der Waals surface area contributed by atoms with Crippen LogP contribution in [0.3, 0.4) is 0 Å². The van der Waals surface area contributed by atoms with E-state index in [9.17, 15) is 14.4 Å². The van der Waals surface area contributed by atoms with E-state index in [2.05, 4.69) is 9.72 Å². The Hall–Kier alpha value is -2.04. The molecule has 1 aromatic heterocycles. The fourth-order valence-electron chi connectivity index (χ4n) is 1.98. The molecule has 1 aliphatic carbocycles. The summed E-state index contributed by atoms with van der Waals surface area (Å²) in [5.74, 6) is -2.94. The first-order chi connectivity index (χ1) is 8.15. The summed E-state index contributed by atoms with van der Waals surface area (Å²) in [6.07, 6.45) is 4.03. The molecule has 0 bridgehead atoms. The Labute approximate surface area is 97.8 Å². The largest absolute Gasteiger partial charge is 0.463 e. The van der Waals surface area contributed by atoms with Crippen LogP contribution in [0, 0.1) is 5.92 Å². The van der Waals surface area contributed by atoms with Gasteiger partial charge in [-0.25, -0.2) is 4.79 Å². The van der Waals surface area contributed by atoms with E-state index >= 15 is 0 Å². The van der Waals surface area contributed by atoms with Crippen LogP contribution in [0.4, 0.5) is 0 Å². The smallest absolute Gasteiger partial charge is 0.375 e. The van der Waals surface area contributed by atoms with Gasteiger partial charge in [0.2, 0.25) is 0 Å². The summed E-state index contributed by atoms with van der Waals surface area (Å²) in [7, 11) is 1.13. The number of aromatic nitrogens is 1. The van der Waals surface area contributed by atoms with Gasteiger partial charge in [-0.3, -0.25) is 14.6 Å². The van der Waals surface area contributed by atoms with E-state index in [4.69, 9.17) is 0 Å². The van der Waals surface area contributed by atoms with Crippen LogP contribution in [0.1, 0.15) is 22.3 Å². The zero-order chi connectivity index (χ0) is 12.4. The number of methoxy groups -OCH3 is 1. The van der Waals surface area contributed by atoms with Crippen molar-refractivity contribution in [2.75, 3.05) is 7.11 Å². The van der Waals surface area contributed by atoms with Crippen LogP contribution in [0.2, 0.25) is 0 Å². The fraction of sp³-hybridized carbons (Fsp3) is 0.333. The number of hydrogen-bond donors (Lipinski definition) is 0. The van der Waals surface area contributed by atoms with Crippen molar-refractivity contribution in [3.8, 4) is 0 Å². The monoisotopic (exact) mass is 233 g/mol. The van der Waals surface area contributed by atoms with E-state index in [0.717, 1.165) is 12.7 Å². The highest BCUT2D eigenvalue weighted by atomic mass is 16.5. The van der Waals surface area contributed by atoms with Crippen LogP contribution in [0.5, 0.6) is 0 Å². The molecular formula is C12H11NO4. The van der Waals surface area contributed by atoms with Gasteiger partial charge in [-0.1, -0.05) is 0 Å². The third-order valence-electron chi connectivity index (χ3n) is 2.89. The fourth-order valence-corrected chi connectivity index (χ4v) is 1.98. The zero-order valence-electron chi connectivity index (χ0n) is 9.30. The minimum Gasteiger partial charge on any atom is -0.463 e. The molecule has 0 aliphatic heterocycles. The molecule has 0 spiro atoms. The lowest BCUT2D eigenvalue weighted by Crippen LogP contribution is -2.34. The van der Waals surface area contributed by atoms with E-state index < -0.39 is 17.7 Å². The summed E-state index contributed by atoms with van der Waals surface area (Å²) in [5.41, 5.74) is 1.31. The Morgan fingerprint density at radius 1 is 1.47 bits per heavy atom. The van der Waals surface area contributed by atoms with Gasteiger partial charge in [0.15, 0.2) is 5.78 Å². The minimum absolute atomic E-state index is 0.316. The van der Waals surface area contributed by atoms with Gasteiger partial charge in [0, 0.05) is 18.0 Å². The normalized spacial score (nSPS) is 18.4. The second-order valence-electron chi connectivity index (χ2n) is 3.84. The van der Waals surface area contributed by atoms with Gasteiger partial charge in [-0.05, 0) is 24.5 Å². The van der Waals surface area contributed by atoms with Crippen molar-refractivity contribution < 1.29 is 19.1 Å². The highest BCUT2D eigenvalue weighted by molar-refractivity contribution is 6.39. The van der Waals surface area contributed by atoms with Crippen LogP contribution in [-0.4, -0.2) is 29.6 Å². The Balaban J connectivity index is 2.29. The van der Waals surface area contributed by atoms with Crippen molar-refractivity contribution in [2.45, 2.75) is 12.8 Å². The standard InChI is InChI=1S/C12H11NO4/c1-17-12(16)11(15)9-3-2-7-6-13-5-4-8(7)10(9)14/h4-6,9H,2-3H2,1H3. The second-order valence-corrected chi connectivity index (χ2v) is 3.84. The molecule has 1 heterocycles. The van der Waals surface area contributed by atoms with E-state index in [-0.39, 0.29) is 5.78 Å². The predicted molar refractivity (Wildman–Crippen MR) is 57.4 cm³/mol. The number of fused-ring (bicyclic) bond motifs is 1. The minimum atomic E-state index is -0.958. The number of hydrogen-bond acceptors (Lipinski definition) is 5. The molecule has 88 valence electrons. The molecule has 0 aromatic carbocycles. The summed E-state index contributed by atoms with van der Waals surface area (Å²) in [6, 6.07) is 1.58. The first-order valence-corrected chi connectivity index (χ1v) is 5.24. The first-order valence-electron chi connectivity index (χ1n) is 5.24. The lowest BCUT2D eigenvalue weighted by molar-refractivity contribution is -0.153. The maximum absolute atomic E-state index is 12.0. The summed E-state index contributed by atoms with van der Waals surface area (Å²) < 4.78 is 4.35. The Morgan fingerprint density at radius 2 is 2.24 bits per heavy atom. The molecule has 0 saturated carbocycles. The third kappa shape index (κ3) is 1.95. The molecule has 0 saturated heterocycles. The van der Waals surface area contributed by atoms with Crippen LogP contribution in [-0.2, 0) is 20.7 Å². The van der Waals surface area contributed by atoms with Crippen LogP contribution in [0.25, 0.3) is 0 Å². The van der Waals surface area contributed by atoms with Crippen molar-refractivity contribution in [3.05, 3.63) is 29.6 Å². The number of rotatable bonds is 2. The molecule has 0 N–H and O–H groups in total. The van der Waals surface area contributed by atoms with E-state index in [0.29, 0.717) is 18.4 Å². The molecule has 1 unspecified atom stereocenters. The molecule has 5 nitrogen and oxygen atoms in total. The third-order valence-corrected chi connectivity index (χ3v) is 2.89. The van der Waals surface area contributed by atoms with E-state index in [1.807, 2.05) is 0 Å². The first kappa shape index (κ1) is 11.4. The average molecular weight is 233 g/mol. The summed E-state index contributed by atoms with van der Waals surface area (Å²) in [4.78, 5) is 38.7. The summed E-state index contributed by atoms with van der Waals surface area (Å²) in [6.45, 7) is 0. The maximum atomic E-state index is 12.0. The summed E-state index contributed by atoms with van der Waals surface area (Å²) in [5, 5.41) is 0. The molecule has 5 heteroatoms. The summed E-state index contributed by atoms with van der Waals surface area (Å²) >= 11 is 0. The van der Waals surface area contributed by atoms with Gasteiger partial charge in [0.25, 0.3) is 5.78 Å². The van der Waals surface area contributed by atoms with Gasteiger partial charge in [-0.2, -0.15) is 0 Å². The Morgan fingerprint density at radius 3 is 2.94 bits per heavy atom. The highest BCUT2D eigenvalue weighted by Gasteiger charge is 2.36.